The molecule has 1 fully saturated rings. The van der Waals surface area contributed by atoms with Crippen LogP contribution in [-0.2, 0) is 23.7 Å². The zero-order valence-electron chi connectivity index (χ0n) is 22.7. The zero-order chi connectivity index (χ0) is 26.8. The molecule has 9 heteroatoms. The van der Waals surface area contributed by atoms with E-state index in [0.717, 1.165) is 51.4 Å². The van der Waals surface area contributed by atoms with E-state index in [1.54, 1.807) is 0 Å². The molecular weight excluding hydrogens is 468 g/mol. The normalized spacial score (nSPS) is 19.7. The lowest BCUT2D eigenvalue weighted by Gasteiger charge is -2.33. The van der Waals surface area contributed by atoms with Crippen LogP contribution in [0.5, 0.6) is 0 Å². The zero-order valence-corrected chi connectivity index (χ0v) is 22.7. The van der Waals surface area contributed by atoms with E-state index in [1.165, 1.54) is 12.8 Å². The van der Waals surface area contributed by atoms with Crippen LogP contribution < -0.4 is 0 Å². The summed E-state index contributed by atoms with van der Waals surface area (Å²) in [5.74, 6) is 1.38. The van der Waals surface area contributed by atoms with Gasteiger partial charge in [-0.15, -0.1) is 0 Å². The Morgan fingerprint density at radius 3 is 1.61 bits per heavy atom. The predicted octanol–water partition coefficient (Wildman–Crippen LogP) is 7.49. The average molecular weight is 517 g/mol. The topological polar surface area (TPSA) is 118 Å². The van der Waals surface area contributed by atoms with Gasteiger partial charge in [-0.05, 0) is 37.5 Å². The first-order valence-corrected chi connectivity index (χ1v) is 13.7. The highest BCUT2D eigenvalue weighted by Crippen LogP contribution is 2.27. The van der Waals surface area contributed by atoms with Crippen molar-refractivity contribution in [2.75, 3.05) is 13.2 Å². The second-order valence-electron chi connectivity index (χ2n) is 10.5. The molecule has 3 unspecified atom stereocenters. The fraction of sp³-hybridized carbons (Fsp3) is 0.889. The molecule has 36 heavy (non-hydrogen) atoms. The van der Waals surface area contributed by atoms with E-state index < -0.39 is 36.8 Å². The van der Waals surface area contributed by atoms with Crippen molar-refractivity contribution in [3.8, 4) is 0 Å². The van der Waals surface area contributed by atoms with Gasteiger partial charge in [0.2, 0.25) is 0 Å². The van der Waals surface area contributed by atoms with E-state index in [1.807, 2.05) is 0 Å². The van der Waals surface area contributed by atoms with Crippen LogP contribution in [-0.4, -0.2) is 55.1 Å². The van der Waals surface area contributed by atoms with Gasteiger partial charge in [0.1, 0.15) is 18.3 Å². The smallest absolute Gasteiger partial charge is 0.450 e. The highest BCUT2D eigenvalue weighted by atomic mass is 16.8. The molecule has 1 saturated carbocycles. The Morgan fingerprint density at radius 1 is 0.667 bits per heavy atom. The molecule has 9 nitrogen and oxygen atoms in total. The van der Waals surface area contributed by atoms with Crippen molar-refractivity contribution in [3.05, 3.63) is 0 Å². The lowest BCUT2D eigenvalue weighted by Crippen LogP contribution is -2.43. The summed E-state index contributed by atoms with van der Waals surface area (Å²) < 4.78 is 26.0. The van der Waals surface area contributed by atoms with E-state index in [9.17, 15) is 14.4 Å². The maximum Gasteiger partial charge on any atom is 0.508 e. The third-order valence-electron chi connectivity index (χ3n) is 6.24. The second kappa shape index (κ2) is 19.0. The van der Waals surface area contributed by atoms with Crippen LogP contribution in [0.15, 0.2) is 0 Å². The molecule has 0 aromatic rings. The Bertz CT molecular complexity index is 620. The van der Waals surface area contributed by atoms with Crippen molar-refractivity contribution in [3.63, 3.8) is 0 Å². The van der Waals surface area contributed by atoms with Crippen molar-refractivity contribution < 1.29 is 43.2 Å². The van der Waals surface area contributed by atoms with Crippen molar-refractivity contribution in [1.29, 1.82) is 0 Å². The van der Waals surface area contributed by atoms with Crippen LogP contribution in [0.2, 0.25) is 0 Å². The summed E-state index contributed by atoms with van der Waals surface area (Å²) in [4.78, 5) is 35.3. The summed E-state index contributed by atoms with van der Waals surface area (Å²) in [6, 6.07) is 0. The first-order chi connectivity index (χ1) is 17.2. The van der Waals surface area contributed by atoms with Crippen LogP contribution >= 0.6 is 0 Å². The number of hydrogen-bond donors (Lipinski definition) is 1. The molecule has 1 aliphatic rings. The van der Waals surface area contributed by atoms with E-state index >= 15 is 0 Å². The number of rotatable bonds is 17. The van der Waals surface area contributed by atoms with Crippen LogP contribution in [0.4, 0.5) is 14.4 Å². The highest BCUT2D eigenvalue weighted by Gasteiger charge is 2.38. The third-order valence-corrected chi connectivity index (χ3v) is 6.24. The van der Waals surface area contributed by atoms with Gasteiger partial charge in [-0.2, -0.15) is 0 Å². The molecule has 1 N–H and O–H groups in total. The SMILES string of the molecule is CC(C)CCCCCCOC(=O)OC1CCC(OC(=O)O)CC1OC(=O)OCCCCCCC(C)C. The standard InChI is InChI=1S/C27H48O9/c1-20(2)13-9-5-7-11-17-32-26(30)35-23-16-15-22(34-25(28)29)19-24(23)36-27(31)33-18-12-8-6-10-14-21(3)4/h20-24H,5-19H2,1-4H3,(H,28,29). The van der Waals surface area contributed by atoms with E-state index in [-0.39, 0.29) is 26.1 Å². The molecule has 0 heterocycles. The Labute approximate surface area is 216 Å². The molecule has 1 rings (SSSR count). The van der Waals surface area contributed by atoms with Crippen molar-refractivity contribution in [2.45, 2.75) is 129 Å². The monoisotopic (exact) mass is 516 g/mol. The van der Waals surface area contributed by atoms with Crippen LogP contribution in [0.1, 0.15) is 111 Å². The van der Waals surface area contributed by atoms with E-state index in [2.05, 4.69) is 27.7 Å². The largest absolute Gasteiger partial charge is 0.508 e. The average Bonchev–Trinajstić information content (AvgIpc) is 2.78. The molecule has 1 aliphatic carbocycles. The molecular formula is C27H48O9. The maximum absolute atomic E-state index is 12.2. The fourth-order valence-electron chi connectivity index (χ4n) is 4.22. The van der Waals surface area contributed by atoms with Crippen molar-refractivity contribution in [2.24, 2.45) is 11.8 Å². The maximum atomic E-state index is 12.2. The number of carboxylic acid groups (broad SMARTS) is 1. The van der Waals surface area contributed by atoms with E-state index in [4.69, 9.17) is 28.8 Å². The summed E-state index contributed by atoms with van der Waals surface area (Å²) in [5.41, 5.74) is 0. The van der Waals surface area contributed by atoms with Gasteiger partial charge in [0, 0.05) is 6.42 Å². The minimum absolute atomic E-state index is 0.0877. The van der Waals surface area contributed by atoms with Gasteiger partial charge in [0.15, 0.2) is 0 Å². The van der Waals surface area contributed by atoms with Crippen LogP contribution in [0.25, 0.3) is 0 Å². The molecule has 0 aromatic heterocycles. The fourth-order valence-corrected chi connectivity index (χ4v) is 4.22. The summed E-state index contributed by atoms with van der Waals surface area (Å²) in [7, 11) is 0. The van der Waals surface area contributed by atoms with Gasteiger partial charge in [-0.1, -0.05) is 79.1 Å². The van der Waals surface area contributed by atoms with Crippen molar-refractivity contribution in [1.82, 2.24) is 0 Å². The summed E-state index contributed by atoms with van der Waals surface area (Å²) in [6.45, 7) is 9.31. The van der Waals surface area contributed by atoms with Gasteiger partial charge < -0.3 is 28.8 Å². The first-order valence-electron chi connectivity index (χ1n) is 13.7. The minimum Gasteiger partial charge on any atom is -0.450 e. The Kier molecular flexibility index (Phi) is 16.8. The van der Waals surface area contributed by atoms with Gasteiger partial charge in [0.25, 0.3) is 0 Å². The Balaban J connectivity index is 2.39. The Hall–Kier alpha value is -2.19. The highest BCUT2D eigenvalue weighted by molar-refractivity contribution is 5.61. The number of hydrogen-bond acceptors (Lipinski definition) is 8. The van der Waals surface area contributed by atoms with Gasteiger partial charge in [-0.3, -0.25) is 0 Å². The number of ether oxygens (including phenoxy) is 5. The predicted molar refractivity (Wildman–Crippen MR) is 135 cm³/mol. The Morgan fingerprint density at radius 2 is 1.14 bits per heavy atom. The molecule has 3 atom stereocenters. The third kappa shape index (κ3) is 16.5. The number of carbonyl (C=O) groups is 3. The minimum atomic E-state index is -1.40. The first kappa shape index (κ1) is 31.8. The summed E-state index contributed by atoms with van der Waals surface area (Å²) in [5, 5.41) is 8.92. The van der Waals surface area contributed by atoms with Gasteiger partial charge in [0.05, 0.1) is 13.2 Å². The van der Waals surface area contributed by atoms with Crippen LogP contribution in [0, 0.1) is 11.8 Å². The molecule has 0 aliphatic heterocycles. The molecule has 0 spiro atoms. The summed E-state index contributed by atoms with van der Waals surface area (Å²) in [6.07, 6.45) is 5.72. The van der Waals surface area contributed by atoms with E-state index in [0.29, 0.717) is 18.3 Å². The molecule has 0 radical (unpaired) electrons. The van der Waals surface area contributed by atoms with Gasteiger partial charge in [-0.25, -0.2) is 14.4 Å². The second-order valence-corrected chi connectivity index (χ2v) is 10.5. The van der Waals surface area contributed by atoms with Crippen LogP contribution in [0.3, 0.4) is 0 Å². The summed E-state index contributed by atoms with van der Waals surface area (Å²) >= 11 is 0. The quantitative estimate of drug-likeness (QED) is 0.119. The number of carbonyl (C=O) groups excluding carboxylic acids is 2. The molecule has 0 amide bonds. The molecule has 0 bridgehead atoms. The molecule has 0 aromatic carbocycles. The number of unbranched alkanes of at least 4 members (excludes halogenated alkanes) is 6. The molecule has 210 valence electrons. The van der Waals surface area contributed by atoms with Crippen molar-refractivity contribution >= 4 is 18.5 Å². The lowest BCUT2D eigenvalue weighted by molar-refractivity contribution is -0.0963. The van der Waals surface area contributed by atoms with Gasteiger partial charge >= 0.3 is 18.5 Å². The lowest BCUT2D eigenvalue weighted by atomic mass is 9.92. The molecule has 0 saturated heterocycles.